The molecule has 2 N–H and O–H groups in total. The standard InChI is InChI=1S/C19H19N3O4S2/c1-12-6-4-5-7-16(12)22-28(24,25)18-11-9-15(27-18)8-10-17-19(20-14(3)23)13(2)21-26-17/h4-11,22H,1-3H3,(H,20,23). The summed E-state index contributed by atoms with van der Waals surface area (Å²) < 4.78 is 33.3. The van der Waals surface area contributed by atoms with Crippen LogP contribution in [0.1, 0.15) is 28.8 Å². The number of hydrogen-bond donors (Lipinski definition) is 2. The zero-order valence-corrected chi connectivity index (χ0v) is 17.1. The van der Waals surface area contributed by atoms with E-state index < -0.39 is 10.0 Å². The largest absolute Gasteiger partial charge is 0.354 e. The van der Waals surface area contributed by atoms with E-state index in [0.717, 1.165) is 16.9 Å². The summed E-state index contributed by atoms with van der Waals surface area (Å²) in [4.78, 5) is 12.0. The fourth-order valence-corrected chi connectivity index (χ4v) is 4.80. The average molecular weight is 418 g/mol. The number of para-hydroxylation sites is 1. The molecule has 0 bridgehead atoms. The molecule has 2 heterocycles. The Morgan fingerprint density at radius 1 is 1.14 bits per heavy atom. The van der Waals surface area contributed by atoms with Crippen LogP contribution in [0.5, 0.6) is 0 Å². The molecule has 0 saturated carbocycles. The summed E-state index contributed by atoms with van der Waals surface area (Å²) in [5, 5.41) is 6.51. The van der Waals surface area contributed by atoms with Gasteiger partial charge in [0.2, 0.25) is 5.91 Å². The molecule has 1 amide bonds. The van der Waals surface area contributed by atoms with E-state index in [1.165, 1.54) is 6.92 Å². The van der Waals surface area contributed by atoms with Crippen LogP contribution in [-0.4, -0.2) is 19.5 Å². The van der Waals surface area contributed by atoms with Crippen molar-refractivity contribution in [3.63, 3.8) is 0 Å². The number of anilines is 2. The maximum Gasteiger partial charge on any atom is 0.271 e. The van der Waals surface area contributed by atoms with Gasteiger partial charge < -0.3 is 9.84 Å². The second kappa shape index (κ2) is 7.99. The van der Waals surface area contributed by atoms with E-state index in [1.54, 1.807) is 43.3 Å². The van der Waals surface area contributed by atoms with Crippen LogP contribution in [0, 0.1) is 13.8 Å². The number of benzene rings is 1. The molecule has 0 aliphatic rings. The molecule has 0 fully saturated rings. The lowest BCUT2D eigenvalue weighted by Gasteiger charge is -2.08. The van der Waals surface area contributed by atoms with Gasteiger partial charge in [-0.2, -0.15) is 0 Å². The number of amides is 1. The van der Waals surface area contributed by atoms with Crippen molar-refractivity contribution in [2.75, 3.05) is 10.0 Å². The van der Waals surface area contributed by atoms with Crippen LogP contribution in [0.3, 0.4) is 0 Å². The molecule has 146 valence electrons. The SMILES string of the molecule is CC(=O)Nc1c(C)noc1C=Cc1ccc(S(=O)(=O)Nc2ccccc2C)s1. The van der Waals surface area contributed by atoms with Crippen LogP contribution in [0.15, 0.2) is 45.1 Å². The number of carbonyl (C=O) groups excluding carboxylic acids is 1. The highest BCUT2D eigenvalue weighted by atomic mass is 32.2. The van der Waals surface area contributed by atoms with Crippen molar-refractivity contribution in [1.29, 1.82) is 0 Å². The van der Waals surface area contributed by atoms with E-state index in [2.05, 4.69) is 15.2 Å². The zero-order valence-electron chi connectivity index (χ0n) is 15.5. The number of aryl methyl sites for hydroxylation is 2. The van der Waals surface area contributed by atoms with Crippen molar-refractivity contribution >= 4 is 50.8 Å². The number of thiophene rings is 1. The Balaban J connectivity index is 1.80. The summed E-state index contributed by atoms with van der Waals surface area (Å²) in [7, 11) is -3.68. The van der Waals surface area contributed by atoms with Gasteiger partial charge in [-0.1, -0.05) is 23.4 Å². The molecule has 28 heavy (non-hydrogen) atoms. The van der Waals surface area contributed by atoms with Crippen LogP contribution in [0.4, 0.5) is 11.4 Å². The van der Waals surface area contributed by atoms with Crippen molar-refractivity contribution in [3.8, 4) is 0 Å². The van der Waals surface area contributed by atoms with Crippen LogP contribution in [0.2, 0.25) is 0 Å². The fraction of sp³-hybridized carbons (Fsp3) is 0.158. The van der Waals surface area contributed by atoms with Gasteiger partial charge in [-0.25, -0.2) is 8.42 Å². The van der Waals surface area contributed by atoms with Crippen LogP contribution < -0.4 is 10.0 Å². The first-order chi connectivity index (χ1) is 13.3. The zero-order chi connectivity index (χ0) is 20.3. The normalized spacial score (nSPS) is 11.7. The monoisotopic (exact) mass is 417 g/mol. The van der Waals surface area contributed by atoms with E-state index in [9.17, 15) is 13.2 Å². The summed E-state index contributed by atoms with van der Waals surface area (Å²) in [6, 6.07) is 10.4. The predicted molar refractivity (Wildman–Crippen MR) is 111 cm³/mol. The lowest BCUT2D eigenvalue weighted by molar-refractivity contribution is -0.114. The molecule has 0 aliphatic heterocycles. The summed E-state index contributed by atoms with van der Waals surface area (Å²) in [6.45, 7) is 4.96. The maximum absolute atomic E-state index is 12.6. The highest BCUT2D eigenvalue weighted by molar-refractivity contribution is 7.94. The third kappa shape index (κ3) is 4.49. The molecule has 0 radical (unpaired) electrons. The number of nitrogens with zero attached hydrogens (tertiary/aromatic N) is 1. The summed E-state index contributed by atoms with van der Waals surface area (Å²) >= 11 is 1.12. The van der Waals surface area contributed by atoms with Gasteiger partial charge >= 0.3 is 0 Å². The number of aromatic nitrogens is 1. The Hall–Kier alpha value is -2.91. The summed E-state index contributed by atoms with van der Waals surface area (Å²) in [5.41, 5.74) is 2.44. The minimum absolute atomic E-state index is 0.200. The van der Waals surface area contributed by atoms with Gasteiger partial charge in [0.05, 0.1) is 5.69 Å². The first-order valence-corrected chi connectivity index (χ1v) is 10.7. The molecule has 2 aromatic heterocycles. The minimum atomic E-state index is -3.68. The number of nitrogens with one attached hydrogen (secondary N) is 2. The lowest BCUT2D eigenvalue weighted by atomic mass is 10.2. The summed E-state index contributed by atoms with van der Waals surface area (Å²) in [6.07, 6.45) is 3.35. The summed E-state index contributed by atoms with van der Waals surface area (Å²) in [5.74, 6) is 0.163. The molecule has 1 aromatic carbocycles. The van der Waals surface area contributed by atoms with Gasteiger partial charge in [0.15, 0.2) is 5.76 Å². The van der Waals surface area contributed by atoms with Crippen molar-refractivity contribution in [3.05, 3.63) is 58.3 Å². The van der Waals surface area contributed by atoms with Crippen molar-refractivity contribution in [2.24, 2.45) is 0 Å². The number of sulfonamides is 1. The highest BCUT2D eigenvalue weighted by Gasteiger charge is 2.17. The van der Waals surface area contributed by atoms with Gasteiger partial charge in [0.1, 0.15) is 15.6 Å². The van der Waals surface area contributed by atoms with E-state index in [-0.39, 0.29) is 10.1 Å². The molecular weight excluding hydrogens is 398 g/mol. The van der Waals surface area contributed by atoms with Crippen LogP contribution in [0.25, 0.3) is 12.2 Å². The maximum atomic E-state index is 12.6. The Labute approximate surface area is 167 Å². The Bertz CT molecular complexity index is 1140. The molecule has 3 rings (SSSR count). The molecule has 0 unspecified atom stereocenters. The smallest absolute Gasteiger partial charge is 0.271 e. The molecule has 0 aliphatic carbocycles. The Kier molecular flexibility index (Phi) is 5.66. The van der Waals surface area contributed by atoms with E-state index >= 15 is 0 Å². The predicted octanol–water partition coefficient (Wildman–Crippen LogP) is 4.28. The third-order valence-corrected chi connectivity index (χ3v) is 6.75. The van der Waals surface area contributed by atoms with Gasteiger partial charge in [0.25, 0.3) is 10.0 Å². The molecule has 9 heteroatoms. The van der Waals surface area contributed by atoms with Crippen LogP contribution >= 0.6 is 11.3 Å². The molecule has 7 nitrogen and oxygen atoms in total. The van der Waals surface area contributed by atoms with Crippen molar-refractivity contribution in [1.82, 2.24) is 5.16 Å². The first kappa shape index (κ1) is 19.8. The van der Waals surface area contributed by atoms with Crippen molar-refractivity contribution in [2.45, 2.75) is 25.0 Å². The van der Waals surface area contributed by atoms with Gasteiger partial charge in [-0.15, -0.1) is 11.3 Å². The number of rotatable bonds is 6. The average Bonchev–Trinajstić information content (AvgIpc) is 3.23. The van der Waals surface area contributed by atoms with Gasteiger partial charge in [0, 0.05) is 11.8 Å². The van der Waals surface area contributed by atoms with Gasteiger partial charge in [-0.05, 0) is 49.8 Å². The quantitative estimate of drug-likeness (QED) is 0.623. The van der Waals surface area contributed by atoms with Crippen molar-refractivity contribution < 1.29 is 17.7 Å². The van der Waals surface area contributed by atoms with E-state index in [4.69, 9.17) is 4.52 Å². The number of carbonyl (C=O) groups is 1. The van der Waals surface area contributed by atoms with E-state index in [0.29, 0.717) is 27.7 Å². The first-order valence-electron chi connectivity index (χ1n) is 8.36. The lowest BCUT2D eigenvalue weighted by Crippen LogP contribution is -2.12. The molecular formula is C19H19N3O4S2. The molecule has 0 atom stereocenters. The molecule has 0 saturated heterocycles. The highest BCUT2D eigenvalue weighted by Crippen LogP contribution is 2.28. The second-order valence-electron chi connectivity index (χ2n) is 6.10. The van der Waals surface area contributed by atoms with Crippen LogP contribution in [-0.2, 0) is 14.8 Å². The molecule has 3 aromatic rings. The third-order valence-electron chi connectivity index (χ3n) is 3.85. The fourth-order valence-electron chi connectivity index (χ4n) is 2.44. The number of hydrogen-bond acceptors (Lipinski definition) is 6. The minimum Gasteiger partial charge on any atom is -0.354 e. The van der Waals surface area contributed by atoms with Gasteiger partial charge in [-0.3, -0.25) is 9.52 Å². The molecule has 0 spiro atoms. The van der Waals surface area contributed by atoms with E-state index in [1.807, 2.05) is 19.1 Å². The Morgan fingerprint density at radius 2 is 1.89 bits per heavy atom. The Morgan fingerprint density at radius 3 is 2.61 bits per heavy atom. The second-order valence-corrected chi connectivity index (χ2v) is 9.12. The topological polar surface area (TPSA) is 101 Å².